The third-order valence-electron chi connectivity index (χ3n) is 3.95. The summed E-state index contributed by atoms with van der Waals surface area (Å²) in [6, 6.07) is 9.06. The maximum absolute atomic E-state index is 5.81. The molecule has 3 rings (SSSR count). The van der Waals surface area contributed by atoms with E-state index in [0.29, 0.717) is 11.3 Å². The van der Waals surface area contributed by atoms with Crippen molar-refractivity contribution in [1.82, 2.24) is 5.43 Å². The van der Waals surface area contributed by atoms with E-state index in [0.717, 1.165) is 6.42 Å². The Kier molecular flexibility index (Phi) is 3.73. The van der Waals surface area contributed by atoms with Crippen LogP contribution in [0.4, 0.5) is 0 Å². The molecule has 0 amide bonds. The SMILES string of the molecule is NNC(C1=CCCCC1)C1Cc2ccccc2S1. The van der Waals surface area contributed by atoms with Gasteiger partial charge in [0.15, 0.2) is 0 Å². The van der Waals surface area contributed by atoms with E-state index in [1.807, 2.05) is 11.8 Å². The molecule has 0 spiro atoms. The molecule has 1 aromatic rings. The highest BCUT2D eigenvalue weighted by atomic mass is 32.2. The molecule has 3 N–H and O–H groups in total. The van der Waals surface area contributed by atoms with Gasteiger partial charge >= 0.3 is 0 Å². The molecule has 0 saturated carbocycles. The number of rotatable bonds is 3. The van der Waals surface area contributed by atoms with Crippen LogP contribution in [0.2, 0.25) is 0 Å². The Bertz CT molecular complexity index is 431. The lowest BCUT2D eigenvalue weighted by Gasteiger charge is -2.27. The molecular weight excluding hydrogens is 240 g/mol. The van der Waals surface area contributed by atoms with Gasteiger partial charge in [0, 0.05) is 10.1 Å². The Balaban J connectivity index is 1.77. The Labute approximate surface area is 113 Å². The van der Waals surface area contributed by atoms with Gasteiger partial charge in [0.1, 0.15) is 0 Å². The highest BCUT2D eigenvalue weighted by Gasteiger charge is 2.31. The molecule has 2 aliphatic rings. The summed E-state index contributed by atoms with van der Waals surface area (Å²) < 4.78 is 0. The van der Waals surface area contributed by atoms with Gasteiger partial charge in [-0.25, -0.2) is 0 Å². The predicted molar refractivity (Wildman–Crippen MR) is 77.5 cm³/mol. The highest BCUT2D eigenvalue weighted by molar-refractivity contribution is 8.00. The van der Waals surface area contributed by atoms with Crippen LogP contribution in [0.5, 0.6) is 0 Å². The molecule has 0 saturated heterocycles. The van der Waals surface area contributed by atoms with Gasteiger partial charge in [0.2, 0.25) is 0 Å². The van der Waals surface area contributed by atoms with Gasteiger partial charge in [0.05, 0.1) is 6.04 Å². The molecule has 0 bridgehead atoms. The molecule has 2 nitrogen and oxygen atoms in total. The molecule has 3 heteroatoms. The first-order valence-corrected chi connectivity index (χ1v) is 7.66. The van der Waals surface area contributed by atoms with Crippen LogP contribution in [0.1, 0.15) is 31.2 Å². The molecule has 2 atom stereocenters. The molecule has 18 heavy (non-hydrogen) atoms. The molecule has 1 aromatic carbocycles. The quantitative estimate of drug-likeness (QED) is 0.498. The number of allylic oxidation sites excluding steroid dienone is 1. The van der Waals surface area contributed by atoms with E-state index >= 15 is 0 Å². The number of hydrogen-bond donors (Lipinski definition) is 2. The highest BCUT2D eigenvalue weighted by Crippen LogP contribution is 2.40. The van der Waals surface area contributed by atoms with Crippen LogP contribution < -0.4 is 11.3 Å². The van der Waals surface area contributed by atoms with Gasteiger partial charge in [-0.3, -0.25) is 11.3 Å². The van der Waals surface area contributed by atoms with Crippen LogP contribution in [0.3, 0.4) is 0 Å². The number of nitrogens with one attached hydrogen (secondary N) is 1. The smallest absolute Gasteiger partial charge is 0.0545 e. The Morgan fingerprint density at radius 1 is 1.28 bits per heavy atom. The fourth-order valence-corrected chi connectivity index (χ4v) is 4.43. The van der Waals surface area contributed by atoms with Crippen molar-refractivity contribution in [1.29, 1.82) is 0 Å². The minimum Gasteiger partial charge on any atom is -0.271 e. The van der Waals surface area contributed by atoms with Crippen molar-refractivity contribution in [3.05, 3.63) is 41.5 Å². The second-order valence-electron chi connectivity index (χ2n) is 5.14. The second-order valence-corrected chi connectivity index (χ2v) is 6.42. The number of benzene rings is 1. The van der Waals surface area contributed by atoms with E-state index in [2.05, 4.69) is 35.8 Å². The minimum atomic E-state index is 0.336. The van der Waals surface area contributed by atoms with Crippen LogP contribution >= 0.6 is 11.8 Å². The third kappa shape index (κ3) is 2.35. The van der Waals surface area contributed by atoms with Crippen LogP contribution in [0, 0.1) is 0 Å². The topological polar surface area (TPSA) is 38.0 Å². The first-order chi connectivity index (χ1) is 8.88. The second kappa shape index (κ2) is 5.47. The fourth-order valence-electron chi connectivity index (χ4n) is 2.99. The summed E-state index contributed by atoms with van der Waals surface area (Å²) in [6.45, 7) is 0. The summed E-state index contributed by atoms with van der Waals surface area (Å²) in [5.41, 5.74) is 6.06. The average molecular weight is 260 g/mol. The number of thioether (sulfide) groups is 1. The largest absolute Gasteiger partial charge is 0.271 e. The van der Waals surface area contributed by atoms with Gasteiger partial charge in [-0.2, -0.15) is 0 Å². The lowest BCUT2D eigenvalue weighted by Crippen LogP contribution is -2.44. The van der Waals surface area contributed by atoms with Gasteiger partial charge in [-0.15, -0.1) is 11.8 Å². The molecule has 0 aromatic heterocycles. The molecule has 2 unspecified atom stereocenters. The summed E-state index contributed by atoms with van der Waals surface area (Å²) in [4.78, 5) is 1.43. The monoisotopic (exact) mass is 260 g/mol. The van der Waals surface area contributed by atoms with Gasteiger partial charge in [-0.1, -0.05) is 29.8 Å². The summed E-state index contributed by atoms with van der Waals surface area (Å²) in [7, 11) is 0. The molecule has 1 aliphatic heterocycles. The zero-order valence-electron chi connectivity index (χ0n) is 10.6. The van der Waals surface area contributed by atoms with E-state index in [-0.39, 0.29) is 0 Å². The summed E-state index contributed by atoms with van der Waals surface area (Å²) in [5, 5.41) is 0.553. The summed E-state index contributed by atoms with van der Waals surface area (Å²) in [5.74, 6) is 5.81. The Morgan fingerprint density at radius 3 is 2.89 bits per heavy atom. The van der Waals surface area contributed by atoms with Crippen molar-refractivity contribution in [2.75, 3.05) is 0 Å². The Morgan fingerprint density at radius 2 is 2.17 bits per heavy atom. The van der Waals surface area contributed by atoms with E-state index in [9.17, 15) is 0 Å². The number of fused-ring (bicyclic) bond motifs is 1. The maximum Gasteiger partial charge on any atom is 0.0545 e. The van der Waals surface area contributed by atoms with Crippen LogP contribution in [0.25, 0.3) is 0 Å². The number of nitrogens with two attached hydrogens (primary N) is 1. The van der Waals surface area contributed by atoms with Crippen molar-refractivity contribution in [3.63, 3.8) is 0 Å². The minimum absolute atomic E-state index is 0.336. The van der Waals surface area contributed by atoms with Crippen molar-refractivity contribution in [3.8, 4) is 0 Å². The lowest BCUT2D eigenvalue weighted by atomic mass is 9.91. The van der Waals surface area contributed by atoms with Crippen molar-refractivity contribution in [2.24, 2.45) is 5.84 Å². The summed E-state index contributed by atoms with van der Waals surface area (Å²) in [6.07, 6.45) is 8.61. The molecule has 1 heterocycles. The van der Waals surface area contributed by atoms with Crippen LogP contribution in [-0.4, -0.2) is 11.3 Å². The third-order valence-corrected chi connectivity index (χ3v) is 5.34. The van der Waals surface area contributed by atoms with Crippen LogP contribution in [0.15, 0.2) is 40.8 Å². The summed E-state index contributed by atoms with van der Waals surface area (Å²) >= 11 is 1.98. The fraction of sp³-hybridized carbons (Fsp3) is 0.467. The first kappa shape index (κ1) is 12.3. The van der Waals surface area contributed by atoms with E-state index in [1.165, 1.54) is 41.7 Å². The predicted octanol–water partition coefficient (Wildman–Crippen LogP) is 3.04. The Hall–Kier alpha value is -0.770. The maximum atomic E-state index is 5.81. The van der Waals surface area contributed by atoms with Crippen LogP contribution in [-0.2, 0) is 6.42 Å². The van der Waals surface area contributed by atoms with E-state index in [4.69, 9.17) is 5.84 Å². The standard InChI is InChI=1S/C15H20N2S/c16-17-15(11-6-2-1-3-7-11)14-10-12-8-4-5-9-13(12)18-14/h4-6,8-9,14-15,17H,1-3,7,10,16H2. The van der Waals surface area contributed by atoms with Gasteiger partial charge in [-0.05, 0) is 43.7 Å². The van der Waals surface area contributed by atoms with E-state index < -0.39 is 0 Å². The van der Waals surface area contributed by atoms with Crippen molar-refractivity contribution >= 4 is 11.8 Å². The zero-order valence-corrected chi connectivity index (χ0v) is 11.4. The average Bonchev–Trinajstić information content (AvgIpc) is 2.84. The zero-order chi connectivity index (χ0) is 12.4. The number of hydrazine groups is 1. The molecule has 0 radical (unpaired) electrons. The molecule has 96 valence electrons. The molecule has 0 fully saturated rings. The number of hydrogen-bond acceptors (Lipinski definition) is 3. The molecular formula is C15H20N2S. The van der Waals surface area contributed by atoms with Gasteiger partial charge in [0.25, 0.3) is 0 Å². The van der Waals surface area contributed by atoms with Crippen molar-refractivity contribution in [2.45, 2.75) is 48.3 Å². The normalized spacial score (nSPS) is 24.5. The molecule has 1 aliphatic carbocycles. The van der Waals surface area contributed by atoms with E-state index in [1.54, 1.807) is 0 Å². The van der Waals surface area contributed by atoms with Gasteiger partial charge < -0.3 is 0 Å². The lowest BCUT2D eigenvalue weighted by molar-refractivity contribution is 0.529. The first-order valence-electron chi connectivity index (χ1n) is 6.78. The van der Waals surface area contributed by atoms with Crippen molar-refractivity contribution < 1.29 is 0 Å².